The molecule has 0 heterocycles. The molecule has 0 aliphatic carbocycles. The van der Waals surface area contributed by atoms with Crippen molar-refractivity contribution in [3.8, 4) is 11.5 Å². The van der Waals surface area contributed by atoms with Crippen molar-refractivity contribution in [1.29, 1.82) is 0 Å². The topological polar surface area (TPSA) is 35.2 Å². The summed E-state index contributed by atoms with van der Waals surface area (Å²) >= 11 is 0. The third kappa shape index (κ3) is 2.26. The molecule has 0 aromatic heterocycles. The second-order valence-electron chi connectivity index (χ2n) is 4.84. The van der Waals surface area contributed by atoms with Gasteiger partial charge in [-0.15, -0.1) is 0 Å². The highest BCUT2D eigenvalue weighted by atomic mass is 16.5. The molecule has 0 radical (unpaired) electrons. The van der Waals surface area contributed by atoms with Crippen molar-refractivity contribution in [3.05, 3.63) is 71.8 Å². The van der Waals surface area contributed by atoms with Gasteiger partial charge in [-0.1, -0.05) is 48.5 Å². The van der Waals surface area contributed by atoms with Crippen LogP contribution in [0.15, 0.2) is 60.7 Å². The second kappa shape index (κ2) is 5.35. The van der Waals surface area contributed by atoms with Gasteiger partial charge in [0.15, 0.2) is 0 Å². The Bertz CT molecular complexity index is 749. The lowest BCUT2D eigenvalue weighted by Gasteiger charge is -2.13. The molecule has 3 aromatic rings. The summed E-state index contributed by atoms with van der Waals surface area (Å²) in [5.41, 5.74) is 8.06. The van der Waals surface area contributed by atoms with E-state index in [2.05, 4.69) is 12.1 Å². The van der Waals surface area contributed by atoms with Crippen LogP contribution >= 0.6 is 0 Å². The average Bonchev–Trinajstić information content (AvgIpc) is 2.50. The van der Waals surface area contributed by atoms with Gasteiger partial charge in [0.05, 0.1) is 0 Å². The van der Waals surface area contributed by atoms with E-state index in [0.717, 1.165) is 33.4 Å². The maximum absolute atomic E-state index is 6.08. The molecule has 0 saturated carbocycles. The van der Waals surface area contributed by atoms with E-state index in [1.807, 2.05) is 55.5 Å². The fraction of sp³-hybridized carbons (Fsp3) is 0.111. The van der Waals surface area contributed by atoms with Gasteiger partial charge in [0, 0.05) is 11.9 Å². The molecule has 0 atom stereocenters. The number of fused-ring (bicyclic) bond motifs is 1. The lowest BCUT2D eigenvalue weighted by molar-refractivity contribution is 0.484. The van der Waals surface area contributed by atoms with Crippen LogP contribution in [-0.2, 0) is 6.54 Å². The van der Waals surface area contributed by atoms with Crippen molar-refractivity contribution in [2.45, 2.75) is 13.5 Å². The molecule has 20 heavy (non-hydrogen) atoms. The highest BCUT2D eigenvalue weighted by Crippen LogP contribution is 2.33. The first-order valence-corrected chi connectivity index (χ1v) is 6.74. The predicted molar refractivity (Wildman–Crippen MR) is 83.1 cm³/mol. The molecule has 3 rings (SSSR count). The molecule has 0 unspecified atom stereocenters. The van der Waals surface area contributed by atoms with Crippen LogP contribution in [0.25, 0.3) is 10.8 Å². The van der Waals surface area contributed by atoms with Crippen LogP contribution in [0.2, 0.25) is 0 Å². The molecule has 100 valence electrons. The maximum Gasteiger partial charge on any atom is 0.135 e. The predicted octanol–water partition coefficient (Wildman–Crippen LogP) is 4.40. The second-order valence-corrected chi connectivity index (χ2v) is 4.84. The lowest BCUT2D eigenvalue weighted by Crippen LogP contribution is -1.98. The highest BCUT2D eigenvalue weighted by molar-refractivity contribution is 5.91. The van der Waals surface area contributed by atoms with Crippen LogP contribution < -0.4 is 10.5 Å². The first-order valence-electron chi connectivity index (χ1n) is 6.74. The van der Waals surface area contributed by atoms with Crippen molar-refractivity contribution in [2.24, 2.45) is 5.73 Å². The zero-order chi connectivity index (χ0) is 13.9. The summed E-state index contributed by atoms with van der Waals surface area (Å²) in [6.07, 6.45) is 0. The number of aryl methyl sites for hydroxylation is 1. The van der Waals surface area contributed by atoms with E-state index in [-0.39, 0.29) is 0 Å². The van der Waals surface area contributed by atoms with E-state index in [1.54, 1.807) is 0 Å². The van der Waals surface area contributed by atoms with Crippen molar-refractivity contribution in [3.63, 3.8) is 0 Å². The van der Waals surface area contributed by atoms with Gasteiger partial charge < -0.3 is 10.5 Å². The quantitative estimate of drug-likeness (QED) is 0.760. The SMILES string of the molecule is Cc1ccccc1Oc1ccc(CN)c2ccccc12. The lowest BCUT2D eigenvalue weighted by atomic mass is 10.0. The zero-order valence-corrected chi connectivity index (χ0v) is 11.5. The largest absolute Gasteiger partial charge is 0.456 e. The molecule has 2 heteroatoms. The Labute approximate surface area is 118 Å². The van der Waals surface area contributed by atoms with E-state index in [0.29, 0.717) is 6.54 Å². The Morgan fingerprint density at radius 3 is 2.25 bits per heavy atom. The number of hydrogen-bond donors (Lipinski definition) is 1. The van der Waals surface area contributed by atoms with Gasteiger partial charge in [0.2, 0.25) is 0 Å². The van der Waals surface area contributed by atoms with Crippen LogP contribution in [0.5, 0.6) is 11.5 Å². The molecule has 0 aliphatic heterocycles. The van der Waals surface area contributed by atoms with Gasteiger partial charge >= 0.3 is 0 Å². The summed E-state index contributed by atoms with van der Waals surface area (Å²) in [5, 5.41) is 2.25. The number of hydrogen-bond acceptors (Lipinski definition) is 2. The normalized spacial score (nSPS) is 10.7. The molecule has 0 fully saturated rings. The summed E-state index contributed by atoms with van der Waals surface area (Å²) in [6.45, 7) is 2.58. The third-order valence-electron chi connectivity index (χ3n) is 3.51. The number of rotatable bonds is 3. The molecule has 3 aromatic carbocycles. The molecular formula is C18H17NO. The number of para-hydroxylation sites is 1. The summed E-state index contributed by atoms with van der Waals surface area (Å²) < 4.78 is 6.08. The molecule has 0 saturated heterocycles. The monoisotopic (exact) mass is 263 g/mol. The Morgan fingerprint density at radius 2 is 1.50 bits per heavy atom. The zero-order valence-electron chi connectivity index (χ0n) is 11.5. The van der Waals surface area contributed by atoms with E-state index in [4.69, 9.17) is 10.5 Å². The van der Waals surface area contributed by atoms with Gasteiger partial charge in [-0.05, 0) is 35.6 Å². The van der Waals surface area contributed by atoms with Gasteiger partial charge in [0.25, 0.3) is 0 Å². The standard InChI is InChI=1S/C18H17NO/c1-13-6-2-5-9-17(13)20-18-11-10-14(12-19)15-7-3-4-8-16(15)18/h2-11H,12,19H2,1H3. The molecule has 0 amide bonds. The minimum Gasteiger partial charge on any atom is -0.456 e. The van der Waals surface area contributed by atoms with Gasteiger partial charge in [0.1, 0.15) is 11.5 Å². The van der Waals surface area contributed by atoms with E-state index in [9.17, 15) is 0 Å². The Kier molecular flexibility index (Phi) is 3.40. The number of benzene rings is 3. The van der Waals surface area contributed by atoms with Crippen LogP contribution in [-0.4, -0.2) is 0 Å². The van der Waals surface area contributed by atoms with Crippen molar-refractivity contribution in [2.75, 3.05) is 0 Å². The number of ether oxygens (including phenoxy) is 1. The highest BCUT2D eigenvalue weighted by Gasteiger charge is 2.07. The number of nitrogens with two attached hydrogens (primary N) is 1. The summed E-state index contributed by atoms with van der Waals surface area (Å²) in [7, 11) is 0. The maximum atomic E-state index is 6.08. The van der Waals surface area contributed by atoms with Crippen LogP contribution in [0, 0.1) is 6.92 Å². The van der Waals surface area contributed by atoms with E-state index < -0.39 is 0 Å². The minimum atomic E-state index is 0.533. The molecule has 0 aliphatic rings. The van der Waals surface area contributed by atoms with Crippen molar-refractivity contribution < 1.29 is 4.74 Å². The fourth-order valence-corrected chi connectivity index (χ4v) is 2.39. The summed E-state index contributed by atoms with van der Waals surface area (Å²) in [5.74, 6) is 1.75. The molecule has 2 N–H and O–H groups in total. The first-order chi connectivity index (χ1) is 9.79. The molecule has 0 bridgehead atoms. The van der Waals surface area contributed by atoms with Crippen molar-refractivity contribution >= 4 is 10.8 Å². The third-order valence-corrected chi connectivity index (χ3v) is 3.51. The first kappa shape index (κ1) is 12.7. The molecule has 2 nitrogen and oxygen atoms in total. The Hall–Kier alpha value is -2.32. The summed E-state index contributed by atoms with van der Waals surface area (Å²) in [6, 6.07) is 20.3. The van der Waals surface area contributed by atoms with Crippen molar-refractivity contribution in [1.82, 2.24) is 0 Å². The van der Waals surface area contributed by atoms with E-state index in [1.165, 1.54) is 0 Å². The van der Waals surface area contributed by atoms with E-state index >= 15 is 0 Å². The Balaban J connectivity index is 2.11. The van der Waals surface area contributed by atoms with Gasteiger partial charge in [-0.2, -0.15) is 0 Å². The smallest absolute Gasteiger partial charge is 0.135 e. The average molecular weight is 263 g/mol. The molecule has 0 spiro atoms. The van der Waals surface area contributed by atoms with Crippen LogP contribution in [0.3, 0.4) is 0 Å². The minimum absolute atomic E-state index is 0.533. The molecular weight excluding hydrogens is 246 g/mol. The van der Waals surface area contributed by atoms with Crippen LogP contribution in [0.1, 0.15) is 11.1 Å². The fourth-order valence-electron chi connectivity index (χ4n) is 2.39. The van der Waals surface area contributed by atoms with Gasteiger partial charge in [-0.3, -0.25) is 0 Å². The summed E-state index contributed by atoms with van der Waals surface area (Å²) in [4.78, 5) is 0. The Morgan fingerprint density at radius 1 is 0.800 bits per heavy atom. The van der Waals surface area contributed by atoms with Crippen LogP contribution in [0.4, 0.5) is 0 Å². The van der Waals surface area contributed by atoms with Gasteiger partial charge in [-0.25, -0.2) is 0 Å².